The van der Waals surface area contributed by atoms with Crippen LogP contribution in [0.25, 0.3) is 0 Å². The summed E-state index contributed by atoms with van der Waals surface area (Å²) in [5, 5.41) is 9.05. The first-order chi connectivity index (χ1) is 9.69. The van der Waals surface area contributed by atoms with Gasteiger partial charge in [-0.1, -0.05) is 24.6 Å². The van der Waals surface area contributed by atoms with Crippen molar-refractivity contribution in [3.8, 4) is 0 Å². The lowest BCUT2D eigenvalue weighted by molar-refractivity contribution is 0.0955. The molecular formula is C15H19N3OS. The summed E-state index contributed by atoms with van der Waals surface area (Å²) in [5.74, 6) is -0.0415. The fraction of sp³-hybridized carbons (Fsp3) is 0.333. The molecule has 5 heteroatoms. The van der Waals surface area contributed by atoms with Gasteiger partial charge in [0.1, 0.15) is 0 Å². The summed E-state index contributed by atoms with van der Waals surface area (Å²) in [4.78, 5) is 16.3. The molecule has 0 atom stereocenters. The second-order valence-corrected chi connectivity index (χ2v) is 5.40. The fourth-order valence-electron chi connectivity index (χ4n) is 1.70. The number of nitrogens with one attached hydrogen (secondary N) is 2. The van der Waals surface area contributed by atoms with Crippen LogP contribution in [0.15, 0.2) is 29.6 Å². The van der Waals surface area contributed by atoms with Gasteiger partial charge in [0, 0.05) is 24.0 Å². The molecule has 0 fully saturated rings. The average Bonchev–Trinajstić information content (AvgIpc) is 2.92. The van der Waals surface area contributed by atoms with E-state index in [4.69, 9.17) is 0 Å². The number of hydrogen-bond acceptors (Lipinski definition) is 4. The van der Waals surface area contributed by atoms with E-state index in [0.717, 1.165) is 22.8 Å². The van der Waals surface area contributed by atoms with E-state index in [1.54, 1.807) is 11.3 Å². The number of aromatic nitrogens is 1. The second kappa shape index (κ2) is 7.05. The number of aryl methyl sites for hydroxylation is 2. The molecule has 0 radical (unpaired) electrons. The molecule has 1 aromatic carbocycles. The zero-order valence-corrected chi connectivity index (χ0v) is 12.6. The van der Waals surface area contributed by atoms with Gasteiger partial charge in [-0.25, -0.2) is 4.98 Å². The highest BCUT2D eigenvalue weighted by molar-refractivity contribution is 7.13. The molecule has 106 valence electrons. The third-order valence-electron chi connectivity index (χ3n) is 2.91. The molecule has 0 aliphatic rings. The summed E-state index contributed by atoms with van der Waals surface area (Å²) in [6.45, 7) is 5.34. The maximum atomic E-state index is 11.9. The van der Waals surface area contributed by atoms with Gasteiger partial charge in [0.05, 0.1) is 5.69 Å². The highest BCUT2D eigenvalue weighted by Crippen LogP contribution is 2.14. The van der Waals surface area contributed by atoms with E-state index in [1.165, 1.54) is 0 Å². The maximum absolute atomic E-state index is 11.9. The van der Waals surface area contributed by atoms with Gasteiger partial charge in [-0.3, -0.25) is 4.79 Å². The molecule has 0 saturated heterocycles. The van der Waals surface area contributed by atoms with Crippen molar-refractivity contribution in [3.63, 3.8) is 0 Å². The number of hydrogen-bond donors (Lipinski definition) is 2. The average molecular weight is 289 g/mol. The lowest BCUT2D eigenvalue weighted by Gasteiger charge is -2.06. The third-order valence-corrected chi connectivity index (χ3v) is 3.76. The van der Waals surface area contributed by atoms with Crippen molar-refractivity contribution in [2.75, 3.05) is 18.4 Å². The quantitative estimate of drug-likeness (QED) is 0.804. The molecule has 0 aliphatic heterocycles. The Morgan fingerprint density at radius 3 is 2.65 bits per heavy atom. The summed E-state index contributed by atoms with van der Waals surface area (Å²) in [6, 6.07) is 7.56. The zero-order chi connectivity index (χ0) is 14.4. The van der Waals surface area contributed by atoms with Crippen LogP contribution in [0, 0.1) is 6.92 Å². The number of nitrogens with zero attached hydrogens (tertiary/aromatic N) is 1. The molecule has 2 N–H and O–H groups in total. The molecule has 4 nitrogen and oxygen atoms in total. The van der Waals surface area contributed by atoms with Crippen LogP contribution < -0.4 is 10.6 Å². The lowest BCUT2D eigenvalue weighted by Crippen LogP contribution is -2.28. The van der Waals surface area contributed by atoms with E-state index in [-0.39, 0.29) is 5.91 Å². The van der Waals surface area contributed by atoms with Crippen LogP contribution in [-0.2, 0) is 6.42 Å². The van der Waals surface area contributed by atoms with Crippen molar-refractivity contribution < 1.29 is 4.79 Å². The Hall–Kier alpha value is -1.88. The molecule has 1 heterocycles. The Morgan fingerprint density at radius 1 is 1.25 bits per heavy atom. The number of rotatable bonds is 6. The van der Waals surface area contributed by atoms with Gasteiger partial charge in [0.2, 0.25) is 0 Å². The summed E-state index contributed by atoms with van der Waals surface area (Å²) in [7, 11) is 0. The second-order valence-electron chi connectivity index (χ2n) is 4.55. The standard InChI is InChI=1S/C15H19N3OS/c1-3-13-10-20-15(18-13)17-9-8-16-14(19)12-6-4-11(2)5-7-12/h4-7,10H,3,8-9H2,1-2H3,(H,16,19)(H,17,18). The van der Waals surface area contributed by atoms with Crippen LogP contribution >= 0.6 is 11.3 Å². The van der Waals surface area contributed by atoms with Crippen molar-refractivity contribution in [1.82, 2.24) is 10.3 Å². The molecule has 0 spiro atoms. The van der Waals surface area contributed by atoms with Gasteiger partial charge in [0.25, 0.3) is 5.91 Å². The fourth-order valence-corrected chi connectivity index (χ4v) is 2.53. The van der Waals surface area contributed by atoms with Gasteiger partial charge in [-0.15, -0.1) is 11.3 Å². The van der Waals surface area contributed by atoms with E-state index in [0.29, 0.717) is 18.7 Å². The van der Waals surface area contributed by atoms with Gasteiger partial charge in [0.15, 0.2) is 5.13 Å². The number of anilines is 1. The van der Waals surface area contributed by atoms with Crippen molar-refractivity contribution in [2.45, 2.75) is 20.3 Å². The number of carbonyl (C=O) groups is 1. The Morgan fingerprint density at radius 2 is 2.00 bits per heavy atom. The predicted molar refractivity (Wildman–Crippen MR) is 83.5 cm³/mol. The number of amides is 1. The largest absolute Gasteiger partial charge is 0.360 e. The highest BCUT2D eigenvalue weighted by Gasteiger charge is 2.04. The number of benzene rings is 1. The minimum Gasteiger partial charge on any atom is -0.360 e. The monoisotopic (exact) mass is 289 g/mol. The molecule has 20 heavy (non-hydrogen) atoms. The maximum Gasteiger partial charge on any atom is 0.251 e. The SMILES string of the molecule is CCc1csc(NCCNC(=O)c2ccc(C)cc2)n1. The first kappa shape index (κ1) is 14.5. The molecule has 0 unspecified atom stereocenters. The van der Waals surface area contributed by atoms with E-state index in [2.05, 4.69) is 22.5 Å². The Kier molecular flexibility index (Phi) is 5.12. The van der Waals surface area contributed by atoms with Crippen LogP contribution in [0.5, 0.6) is 0 Å². The Balaban J connectivity index is 1.72. The Bertz CT molecular complexity index is 563. The van der Waals surface area contributed by atoms with E-state index < -0.39 is 0 Å². The molecule has 0 bridgehead atoms. The molecule has 2 aromatic rings. The van der Waals surface area contributed by atoms with Crippen molar-refractivity contribution in [1.29, 1.82) is 0 Å². The van der Waals surface area contributed by atoms with Gasteiger partial charge >= 0.3 is 0 Å². The van der Waals surface area contributed by atoms with E-state index in [1.807, 2.05) is 36.6 Å². The topological polar surface area (TPSA) is 54.0 Å². The van der Waals surface area contributed by atoms with Crippen LogP contribution in [0.2, 0.25) is 0 Å². The Labute approximate surface area is 123 Å². The predicted octanol–water partition coefficient (Wildman–Crippen LogP) is 2.86. The van der Waals surface area contributed by atoms with Gasteiger partial charge in [-0.05, 0) is 25.5 Å². The number of carbonyl (C=O) groups excluding carboxylic acids is 1. The van der Waals surface area contributed by atoms with Crippen molar-refractivity contribution in [2.24, 2.45) is 0 Å². The summed E-state index contributed by atoms with van der Waals surface area (Å²) in [6.07, 6.45) is 0.947. The molecule has 2 rings (SSSR count). The van der Waals surface area contributed by atoms with E-state index in [9.17, 15) is 4.79 Å². The molecule has 0 aliphatic carbocycles. The summed E-state index contributed by atoms with van der Waals surface area (Å²) < 4.78 is 0. The summed E-state index contributed by atoms with van der Waals surface area (Å²) >= 11 is 1.60. The lowest BCUT2D eigenvalue weighted by atomic mass is 10.1. The third kappa shape index (κ3) is 4.06. The van der Waals surface area contributed by atoms with Gasteiger partial charge < -0.3 is 10.6 Å². The van der Waals surface area contributed by atoms with Crippen LogP contribution in [0.4, 0.5) is 5.13 Å². The minimum atomic E-state index is -0.0415. The number of thiazole rings is 1. The zero-order valence-electron chi connectivity index (χ0n) is 11.8. The molecule has 0 saturated carbocycles. The molecule has 1 aromatic heterocycles. The van der Waals surface area contributed by atoms with E-state index >= 15 is 0 Å². The van der Waals surface area contributed by atoms with Crippen molar-refractivity contribution in [3.05, 3.63) is 46.5 Å². The first-order valence-electron chi connectivity index (χ1n) is 6.72. The molecule has 1 amide bonds. The first-order valence-corrected chi connectivity index (χ1v) is 7.60. The van der Waals surface area contributed by atoms with Crippen LogP contribution in [0.1, 0.15) is 28.5 Å². The van der Waals surface area contributed by atoms with Crippen LogP contribution in [0.3, 0.4) is 0 Å². The molecular weight excluding hydrogens is 270 g/mol. The summed E-state index contributed by atoms with van der Waals surface area (Å²) in [5.41, 5.74) is 2.94. The normalized spacial score (nSPS) is 10.3. The van der Waals surface area contributed by atoms with Crippen LogP contribution in [-0.4, -0.2) is 24.0 Å². The van der Waals surface area contributed by atoms with Crippen molar-refractivity contribution >= 4 is 22.4 Å². The highest BCUT2D eigenvalue weighted by atomic mass is 32.1. The minimum absolute atomic E-state index is 0.0415. The smallest absolute Gasteiger partial charge is 0.251 e. The van der Waals surface area contributed by atoms with Gasteiger partial charge in [-0.2, -0.15) is 0 Å².